The number of aliphatic hydroxyl groups is 2. The Morgan fingerprint density at radius 1 is 1.05 bits per heavy atom. The Morgan fingerprint density at radius 3 is 2.36 bits per heavy atom. The quantitative estimate of drug-likeness (QED) is 0.823. The van der Waals surface area contributed by atoms with Crippen LogP contribution in [0.4, 0.5) is 0 Å². The van der Waals surface area contributed by atoms with Crippen molar-refractivity contribution < 1.29 is 10.2 Å². The molecule has 0 fully saturated rings. The second-order valence-corrected chi connectivity index (χ2v) is 6.24. The van der Waals surface area contributed by atoms with Gasteiger partial charge in [-0.15, -0.1) is 0 Å². The summed E-state index contributed by atoms with van der Waals surface area (Å²) in [6.07, 6.45) is 3.59. The molecule has 2 N–H and O–H groups in total. The standard InChI is InChI=1S/C18H24N2O2/c1-18(13-21,14-22)12-20(2)11-15-4-3-5-17(10-15)16-6-8-19-9-7-16/h3-10,21-22H,11-14H2,1-2H3. The summed E-state index contributed by atoms with van der Waals surface area (Å²) in [6, 6.07) is 12.4. The largest absolute Gasteiger partial charge is 0.396 e. The van der Waals surface area contributed by atoms with Crippen molar-refractivity contribution in [2.24, 2.45) is 5.41 Å². The zero-order chi connectivity index (χ0) is 16.0. The number of aromatic nitrogens is 1. The Balaban J connectivity index is 2.08. The molecule has 2 rings (SSSR count). The topological polar surface area (TPSA) is 56.6 Å². The van der Waals surface area contributed by atoms with E-state index in [-0.39, 0.29) is 13.2 Å². The lowest BCUT2D eigenvalue weighted by Gasteiger charge is -2.30. The maximum atomic E-state index is 9.40. The van der Waals surface area contributed by atoms with Crippen molar-refractivity contribution in [1.82, 2.24) is 9.88 Å². The number of hydrogen-bond donors (Lipinski definition) is 2. The minimum absolute atomic E-state index is 0.0229. The fourth-order valence-corrected chi connectivity index (χ4v) is 2.56. The Bertz CT molecular complexity index is 583. The second-order valence-electron chi connectivity index (χ2n) is 6.24. The Hall–Kier alpha value is -1.75. The summed E-state index contributed by atoms with van der Waals surface area (Å²) in [5.74, 6) is 0. The molecular weight excluding hydrogens is 276 g/mol. The maximum Gasteiger partial charge on any atom is 0.0519 e. The minimum atomic E-state index is -0.475. The summed E-state index contributed by atoms with van der Waals surface area (Å²) in [5, 5.41) is 18.8. The zero-order valence-corrected chi connectivity index (χ0v) is 13.2. The number of hydrogen-bond acceptors (Lipinski definition) is 4. The second kappa shape index (κ2) is 7.49. The van der Waals surface area contributed by atoms with Crippen LogP contribution in [0, 0.1) is 5.41 Å². The van der Waals surface area contributed by atoms with Crippen molar-refractivity contribution in [3.05, 3.63) is 54.4 Å². The lowest BCUT2D eigenvalue weighted by Crippen LogP contribution is -2.38. The van der Waals surface area contributed by atoms with Gasteiger partial charge in [0.15, 0.2) is 0 Å². The van der Waals surface area contributed by atoms with Crippen LogP contribution in [0.2, 0.25) is 0 Å². The van der Waals surface area contributed by atoms with Gasteiger partial charge in [0.1, 0.15) is 0 Å². The van der Waals surface area contributed by atoms with Crippen molar-refractivity contribution in [2.75, 3.05) is 26.8 Å². The van der Waals surface area contributed by atoms with E-state index in [0.717, 1.165) is 12.1 Å². The van der Waals surface area contributed by atoms with E-state index in [0.29, 0.717) is 6.54 Å². The van der Waals surface area contributed by atoms with Gasteiger partial charge in [0, 0.05) is 30.9 Å². The molecule has 0 saturated heterocycles. The molecule has 0 amide bonds. The maximum absolute atomic E-state index is 9.40. The van der Waals surface area contributed by atoms with E-state index in [4.69, 9.17) is 0 Å². The highest BCUT2D eigenvalue weighted by molar-refractivity contribution is 5.63. The van der Waals surface area contributed by atoms with Gasteiger partial charge in [0.05, 0.1) is 13.2 Å². The average molecular weight is 300 g/mol. The molecule has 0 bridgehead atoms. The minimum Gasteiger partial charge on any atom is -0.396 e. The fourth-order valence-electron chi connectivity index (χ4n) is 2.56. The van der Waals surface area contributed by atoms with Gasteiger partial charge in [-0.05, 0) is 41.9 Å². The highest BCUT2D eigenvalue weighted by atomic mass is 16.3. The van der Waals surface area contributed by atoms with Gasteiger partial charge in [-0.2, -0.15) is 0 Å². The monoisotopic (exact) mass is 300 g/mol. The molecule has 4 nitrogen and oxygen atoms in total. The van der Waals surface area contributed by atoms with Crippen LogP contribution in [0.3, 0.4) is 0 Å². The molecule has 1 aromatic carbocycles. The van der Waals surface area contributed by atoms with E-state index < -0.39 is 5.41 Å². The van der Waals surface area contributed by atoms with Crippen molar-refractivity contribution in [2.45, 2.75) is 13.5 Å². The van der Waals surface area contributed by atoms with Gasteiger partial charge >= 0.3 is 0 Å². The van der Waals surface area contributed by atoms with Crippen LogP contribution in [0.15, 0.2) is 48.8 Å². The molecule has 0 aliphatic carbocycles. The average Bonchev–Trinajstić information content (AvgIpc) is 2.55. The van der Waals surface area contributed by atoms with Gasteiger partial charge in [-0.1, -0.05) is 25.1 Å². The number of benzene rings is 1. The SMILES string of the molecule is CN(Cc1cccc(-c2ccncc2)c1)CC(C)(CO)CO. The van der Waals surface area contributed by atoms with Crippen LogP contribution in [0.5, 0.6) is 0 Å². The van der Waals surface area contributed by atoms with E-state index in [1.165, 1.54) is 11.1 Å². The molecule has 4 heteroatoms. The normalized spacial score (nSPS) is 11.9. The molecule has 0 spiro atoms. The third-order valence-corrected chi connectivity index (χ3v) is 3.81. The highest BCUT2D eigenvalue weighted by Gasteiger charge is 2.24. The van der Waals surface area contributed by atoms with Gasteiger partial charge < -0.3 is 15.1 Å². The number of pyridine rings is 1. The molecule has 118 valence electrons. The van der Waals surface area contributed by atoms with Crippen LogP contribution in [0.25, 0.3) is 11.1 Å². The van der Waals surface area contributed by atoms with Crippen molar-refractivity contribution in [3.63, 3.8) is 0 Å². The van der Waals surface area contributed by atoms with Gasteiger partial charge in [0.2, 0.25) is 0 Å². The molecule has 22 heavy (non-hydrogen) atoms. The lowest BCUT2D eigenvalue weighted by atomic mass is 9.92. The van der Waals surface area contributed by atoms with Crippen LogP contribution in [-0.4, -0.2) is 46.9 Å². The molecule has 0 unspecified atom stereocenters. The first-order valence-electron chi connectivity index (χ1n) is 7.46. The number of nitrogens with zero attached hydrogens (tertiary/aromatic N) is 2. The summed E-state index contributed by atoms with van der Waals surface area (Å²) >= 11 is 0. The first kappa shape index (κ1) is 16.6. The van der Waals surface area contributed by atoms with Crippen LogP contribution in [0.1, 0.15) is 12.5 Å². The third-order valence-electron chi connectivity index (χ3n) is 3.81. The predicted molar refractivity (Wildman–Crippen MR) is 88.3 cm³/mol. The molecular formula is C18H24N2O2. The first-order chi connectivity index (χ1) is 10.6. The summed E-state index contributed by atoms with van der Waals surface area (Å²) < 4.78 is 0. The highest BCUT2D eigenvalue weighted by Crippen LogP contribution is 2.21. The van der Waals surface area contributed by atoms with E-state index in [9.17, 15) is 10.2 Å². The van der Waals surface area contributed by atoms with Crippen molar-refractivity contribution in [3.8, 4) is 11.1 Å². The number of rotatable bonds is 7. The van der Waals surface area contributed by atoms with E-state index in [1.54, 1.807) is 12.4 Å². The zero-order valence-electron chi connectivity index (χ0n) is 13.2. The summed E-state index contributed by atoms with van der Waals surface area (Å²) in [7, 11) is 2.00. The smallest absolute Gasteiger partial charge is 0.0519 e. The molecule has 0 saturated carbocycles. The molecule has 1 aromatic heterocycles. The summed E-state index contributed by atoms with van der Waals surface area (Å²) in [5.41, 5.74) is 3.04. The van der Waals surface area contributed by atoms with Crippen LogP contribution >= 0.6 is 0 Å². The van der Waals surface area contributed by atoms with Crippen molar-refractivity contribution in [1.29, 1.82) is 0 Å². The molecule has 0 aliphatic heterocycles. The Morgan fingerprint density at radius 2 is 1.73 bits per heavy atom. The Labute approximate surface area is 132 Å². The summed E-state index contributed by atoms with van der Waals surface area (Å²) in [6.45, 7) is 3.25. The molecule has 0 aliphatic rings. The van der Waals surface area contributed by atoms with Crippen LogP contribution < -0.4 is 0 Å². The van der Waals surface area contributed by atoms with Crippen molar-refractivity contribution >= 4 is 0 Å². The van der Waals surface area contributed by atoms with E-state index in [1.807, 2.05) is 26.1 Å². The van der Waals surface area contributed by atoms with Gasteiger partial charge in [0.25, 0.3) is 0 Å². The molecule has 0 atom stereocenters. The molecule has 2 aromatic rings. The van der Waals surface area contributed by atoms with E-state index >= 15 is 0 Å². The lowest BCUT2D eigenvalue weighted by molar-refractivity contribution is 0.0402. The molecule has 1 heterocycles. The molecule has 0 radical (unpaired) electrons. The van der Waals surface area contributed by atoms with E-state index in [2.05, 4.69) is 34.1 Å². The third kappa shape index (κ3) is 4.37. The van der Waals surface area contributed by atoms with Crippen LogP contribution in [-0.2, 0) is 6.54 Å². The summed E-state index contributed by atoms with van der Waals surface area (Å²) in [4.78, 5) is 6.17. The Kier molecular flexibility index (Phi) is 5.66. The fraction of sp³-hybridized carbons (Fsp3) is 0.389. The first-order valence-corrected chi connectivity index (χ1v) is 7.46. The predicted octanol–water partition coefficient (Wildman–Crippen LogP) is 2.17. The number of aliphatic hydroxyl groups excluding tert-OH is 2. The van der Waals surface area contributed by atoms with Gasteiger partial charge in [-0.3, -0.25) is 4.98 Å². The van der Waals surface area contributed by atoms with Gasteiger partial charge in [-0.25, -0.2) is 0 Å².